The Hall–Kier alpha value is -2.37. The molecule has 0 saturated heterocycles. The molecule has 2 N–H and O–H groups in total. The maximum Gasteiger partial charge on any atom is 0.243 e. The molecule has 0 aromatic heterocycles. The van der Waals surface area contributed by atoms with Crippen molar-refractivity contribution in [1.29, 1.82) is 0 Å². The first kappa shape index (κ1) is 24.9. The molecule has 1 saturated carbocycles. The molecule has 31 heavy (non-hydrogen) atoms. The van der Waals surface area contributed by atoms with Crippen LogP contribution in [0.2, 0.25) is 0 Å². The topological polar surface area (TPSA) is 78.5 Å². The van der Waals surface area contributed by atoms with Crippen molar-refractivity contribution in [2.45, 2.75) is 90.5 Å². The van der Waals surface area contributed by atoms with Crippen LogP contribution in [-0.2, 0) is 14.4 Å². The van der Waals surface area contributed by atoms with E-state index in [-0.39, 0.29) is 36.9 Å². The Morgan fingerprint density at radius 2 is 1.74 bits per heavy atom. The molecule has 0 bridgehead atoms. The van der Waals surface area contributed by atoms with E-state index in [1.165, 1.54) is 19.3 Å². The average Bonchev–Trinajstić information content (AvgIpc) is 2.76. The summed E-state index contributed by atoms with van der Waals surface area (Å²) < 4.78 is 0. The number of hydrogen-bond acceptors (Lipinski definition) is 3. The fourth-order valence-electron chi connectivity index (χ4n) is 4.15. The molecule has 1 aromatic rings. The maximum absolute atomic E-state index is 12.9. The number of carbonyl (C=O) groups excluding carboxylic acids is 3. The first-order valence-electron chi connectivity index (χ1n) is 11.9. The third-order valence-corrected chi connectivity index (χ3v) is 5.89. The molecule has 1 fully saturated rings. The van der Waals surface area contributed by atoms with Gasteiger partial charge >= 0.3 is 0 Å². The summed E-state index contributed by atoms with van der Waals surface area (Å²) in [6.07, 6.45) is 11.3. The lowest BCUT2D eigenvalue weighted by atomic mass is 9.93. The van der Waals surface area contributed by atoms with Gasteiger partial charge in [-0.3, -0.25) is 14.4 Å². The minimum Gasteiger partial charge on any atom is -0.345 e. The summed E-state index contributed by atoms with van der Waals surface area (Å²) in [5, 5.41) is 5.47. The monoisotopic (exact) mass is 429 g/mol. The second-order valence-corrected chi connectivity index (χ2v) is 8.67. The molecule has 1 aliphatic carbocycles. The van der Waals surface area contributed by atoms with Gasteiger partial charge in [-0.1, -0.05) is 64.0 Å². The molecule has 0 atom stereocenters. The largest absolute Gasteiger partial charge is 0.345 e. The Morgan fingerprint density at radius 1 is 1.00 bits per heavy atom. The predicted molar refractivity (Wildman–Crippen MR) is 125 cm³/mol. The van der Waals surface area contributed by atoms with Crippen molar-refractivity contribution in [3.8, 4) is 0 Å². The van der Waals surface area contributed by atoms with Gasteiger partial charge in [0.15, 0.2) is 0 Å². The van der Waals surface area contributed by atoms with Crippen LogP contribution < -0.4 is 10.6 Å². The standard InChI is InChI=1S/C25H39N3O3/c1-3-4-5-6-10-16-25(31)28(22-14-8-7-9-15-22)19-24(30)26-18-23(29)27-21-13-11-12-20(2)17-21/h11-13,17,22H,3-10,14-16,18-19H2,1-2H3,(H,26,30)(H,27,29). The van der Waals surface area contributed by atoms with Gasteiger partial charge in [0.2, 0.25) is 17.7 Å². The highest BCUT2D eigenvalue weighted by atomic mass is 16.2. The van der Waals surface area contributed by atoms with E-state index < -0.39 is 0 Å². The van der Waals surface area contributed by atoms with Crippen molar-refractivity contribution >= 4 is 23.4 Å². The molecule has 0 aliphatic heterocycles. The third-order valence-electron chi connectivity index (χ3n) is 5.89. The fourth-order valence-corrected chi connectivity index (χ4v) is 4.15. The molecule has 3 amide bonds. The Kier molecular flexibility index (Phi) is 11.1. The summed E-state index contributed by atoms with van der Waals surface area (Å²) in [5.41, 5.74) is 1.76. The van der Waals surface area contributed by atoms with Gasteiger partial charge in [0.05, 0.1) is 13.1 Å². The summed E-state index contributed by atoms with van der Waals surface area (Å²) in [7, 11) is 0. The van der Waals surface area contributed by atoms with Crippen molar-refractivity contribution in [3.05, 3.63) is 29.8 Å². The number of nitrogens with one attached hydrogen (secondary N) is 2. The Morgan fingerprint density at radius 3 is 2.45 bits per heavy atom. The van der Waals surface area contributed by atoms with Crippen molar-refractivity contribution in [2.24, 2.45) is 0 Å². The number of hydrogen-bond donors (Lipinski definition) is 2. The van der Waals surface area contributed by atoms with E-state index in [1.54, 1.807) is 4.90 Å². The van der Waals surface area contributed by atoms with Gasteiger partial charge in [-0.25, -0.2) is 0 Å². The van der Waals surface area contributed by atoms with Crippen LogP contribution in [0.15, 0.2) is 24.3 Å². The molecule has 6 nitrogen and oxygen atoms in total. The van der Waals surface area contributed by atoms with Crippen molar-refractivity contribution in [2.75, 3.05) is 18.4 Å². The Labute approximate surface area is 187 Å². The minimum absolute atomic E-state index is 0.0379. The number of aryl methyl sites for hydroxylation is 1. The highest BCUT2D eigenvalue weighted by Crippen LogP contribution is 2.23. The number of rotatable bonds is 12. The zero-order chi connectivity index (χ0) is 22.5. The Bertz CT molecular complexity index is 714. The number of benzene rings is 1. The third kappa shape index (κ3) is 9.53. The van der Waals surface area contributed by atoms with E-state index in [0.717, 1.165) is 50.5 Å². The average molecular weight is 430 g/mol. The number of anilines is 1. The van der Waals surface area contributed by atoms with Crippen LogP contribution in [0.5, 0.6) is 0 Å². The second kappa shape index (κ2) is 13.8. The summed E-state index contributed by atoms with van der Waals surface area (Å²) >= 11 is 0. The fraction of sp³-hybridized carbons (Fsp3) is 0.640. The van der Waals surface area contributed by atoms with E-state index in [0.29, 0.717) is 12.1 Å². The molecule has 0 unspecified atom stereocenters. The predicted octanol–water partition coefficient (Wildman–Crippen LogP) is 4.57. The molecule has 0 heterocycles. The number of amides is 3. The van der Waals surface area contributed by atoms with Gasteiger partial charge in [-0.05, 0) is 43.9 Å². The van der Waals surface area contributed by atoms with Gasteiger partial charge in [-0.2, -0.15) is 0 Å². The SMILES string of the molecule is CCCCCCCC(=O)N(CC(=O)NCC(=O)Nc1cccc(C)c1)C1CCCCC1. The Balaban J connectivity index is 1.83. The van der Waals surface area contributed by atoms with E-state index >= 15 is 0 Å². The van der Waals surface area contributed by atoms with Crippen molar-refractivity contribution < 1.29 is 14.4 Å². The number of carbonyl (C=O) groups is 3. The smallest absolute Gasteiger partial charge is 0.243 e. The van der Waals surface area contributed by atoms with E-state index in [1.807, 2.05) is 31.2 Å². The molecule has 6 heteroatoms. The molecule has 1 aromatic carbocycles. The molecule has 1 aliphatic rings. The van der Waals surface area contributed by atoms with Crippen LogP contribution in [0.4, 0.5) is 5.69 Å². The van der Waals surface area contributed by atoms with Gasteiger partial charge in [-0.15, -0.1) is 0 Å². The normalized spacial score (nSPS) is 14.1. The van der Waals surface area contributed by atoms with Crippen LogP contribution >= 0.6 is 0 Å². The highest BCUT2D eigenvalue weighted by Gasteiger charge is 2.27. The quantitative estimate of drug-likeness (QED) is 0.478. The maximum atomic E-state index is 12.9. The molecule has 172 valence electrons. The van der Waals surface area contributed by atoms with Crippen molar-refractivity contribution in [3.63, 3.8) is 0 Å². The molecular formula is C25H39N3O3. The van der Waals surface area contributed by atoms with Gasteiger partial charge < -0.3 is 15.5 Å². The van der Waals surface area contributed by atoms with Crippen LogP contribution in [0, 0.1) is 6.92 Å². The summed E-state index contributed by atoms with van der Waals surface area (Å²) in [6.45, 7) is 4.07. The number of unbranched alkanes of at least 4 members (excludes halogenated alkanes) is 4. The van der Waals surface area contributed by atoms with Gasteiger partial charge in [0.25, 0.3) is 0 Å². The molecular weight excluding hydrogens is 390 g/mol. The minimum atomic E-state index is -0.274. The van der Waals surface area contributed by atoms with Crippen LogP contribution in [0.1, 0.15) is 83.1 Å². The van der Waals surface area contributed by atoms with Crippen molar-refractivity contribution in [1.82, 2.24) is 10.2 Å². The van der Waals surface area contributed by atoms with E-state index in [2.05, 4.69) is 17.6 Å². The zero-order valence-electron chi connectivity index (χ0n) is 19.3. The molecule has 0 radical (unpaired) electrons. The molecule has 2 rings (SSSR count). The van der Waals surface area contributed by atoms with Crippen LogP contribution in [0.25, 0.3) is 0 Å². The zero-order valence-corrected chi connectivity index (χ0v) is 19.3. The van der Waals surface area contributed by atoms with E-state index in [9.17, 15) is 14.4 Å². The van der Waals surface area contributed by atoms with E-state index in [4.69, 9.17) is 0 Å². The first-order chi connectivity index (χ1) is 15.0. The highest BCUT2D eigenvalue weighted by molar-refractivity contribution is 5.95. The summed E-state index contributed by atoms with van der Waals surface area (Å²) in [4.78, 5) is 39.4. The lowest BCUT2D eigenvalue weighted by molar-refractivity contribution is -0.139. The lowest BCUT2D eigenvalue weighted by Gasteiger charge is -2.34. The lowest BCUT2D eigenvalue weighted by Crippen LogP contribution is -2.48. The second-order valence-electron chi connectivity index (χ2n) is 8.67. The summed E-state index contributed by atoms with van der Waals surface area (Å²) in [6, 6.07) is 7.67. The van der Waals surface area contributed by atoms with Crippen LogP contribution in [0.3, 0.4) is 0 Å². The number of nitrogens with zero attached hydrogens (tertiary/aromatic N) is 1. The van der Waals surface area contributed by atoms with Gasteiger partial charge in [0, 0.05) is 18.2 Å². The van der Waals surface area contributed by atoms with Gasteiger partial charge in [0.1, 0.15) is 0 Å². The summed E-state index contributed by atoms with van der Waals surface area (Å²) in [5.74, 6) is -0.475. The van der Waals surface area contributed by atoms with Crippen LogP contribution in [-0.4, -0.2) is 41.8 Å². The first-order valence-corrected chi connectivity index (χ1v) is 11.9. The molecule has 0 spiro atoms.